The van der Waals surface area contributed by atoms with Crippen LogP contribution < -0.4 is 10.6 Å². The zero-order valence-electron chi connectivity index (χ0n) is 16.9. The third kappa shape index (κ3) is 4.89. The van der Waals surface area contributed by atoms with Crippen LogP contribution in [0.15, 0.2) is 42.5 Å². The van der Waals surface area contributed by atoms with Crippen molar-refractivity contribution in [3.8, 4) is 0 Å². The minimum Gasteiger partial charge on any atom is -0.358 e. The minimum atomic E-state index is -0.525. The minimum absolute atomic E-state index is 0.402. The largest absolute Gasteiger partial charge is 0.358 e. The predicted octanol–water partition coefficient (Wildman–Crippen LogP) is 5.57. The van der Waals surface area contributed by atoms with Gasteiger partial charge in [-0.15, -0.1) is 0 Å². The third-order valence-electron chi connectivity index (χ3n) is 6.31. The summed E-state index contributed by atoms with van der Waals surface area (Å²) < 4.78 is 31.1. The fourth-order valence-corrected chi connectivity index (χ4v) is 5.66. The van der Waals surface area contributed by atoms with Crippen LogP contribution in [0.2, 0.25) is 5.02 Å². The zero-order valence-corrected chi connectivity index (χ0v) is 18.4. The highest BCUT2D eigenvalue weighted by atomic mass is 35.5. The highest BCUT2D eigenvalue weighted by Crippen LogP contribution is 2.56. The number of hydrogen-bond donors (Lipinski definition) is 2. The van der Waals surface area contributed by atoms with Crippen molar-refractivity contribution in [1.82, 2.24) is 14.7 Å². The molecule has 0 radical (unpaired) electrons. The molecule has 0 unspecified atom stereocenters. The van der Waals surface area contributed by atoms with Crippen molar-refractivity contribution in [2.75, 3.05) is 5.32 Å². The first-order valence-electron chi connectivity index (χ1n) is 10.5. The van der Waals surface area contributed by atoms with Gasteiger partial charge in [0.25, 0.3) is 0 Å². The second-order valence-electron chi connectivity index (χ2n) is 8.83. The molecule has 2 aliphatic carbocycles. The lowest BCUT2D eigenvalue weighted by atomic mass is 9.52. The molecule has 2 N–H and O–H groups in total. The van der Waals surface area contributed by atoms with E-state index < -0.39 is 11.6 Å². The SMILES string of the molecule is Fc1cc(F)cc(CNC2CC3(C2)CC(Nc2nc(Cc4ccc(Cl)cc4)ns2)C3)c1. The second-order valence-corrected chi connectivity index (χ2v) is 10.0. The van der Waals surface area contributed by atoms with Gasteiger partial charge in [0.2, 0.25) is 5.13 Å². The number of aromatic nitrogens is 2. The fraction of sp³-hybridized carbons (Fsp3) is 0.391. The average molecular weight is 461 g/mol. The van der Waals surface area contributed by atoms with Gasteiger partial charge in [-0.2, -0.15) is 4.37 Å². The van der Waals surface area contributed by atoms with E-state index in [4.69, 9.17) is 11.6 Å². The van der Waals surface area contributed by atoms with Gasteiger partial charge >= 0.3 is 0 Å². The lowest BCUT2D eigenvalue weighted by Gasteiger charge is -2.58. The lowest BCUT2D eigenvalue weighted by molar-refractivity contribution is -0.0125. The molecule has 8 heteroatoms. The normalized spacial score (nSPS) is 24.6. The summed E-state index contributed by atoms with van der Waals surface area (Å²) in [6.45, 7) is 0.498. The van der Waals surface area contributed by atoms with Gasteiger partial charge in [-0.25, -0.2) is 13.8 Å². The summed E-state index contributed by atoms with van der Waals surface area (Å²) in [5.74, 6) is -0.226. The number of benzene rings is 2. The fourth-order valence-electron chi connectivity index (χ4n) is 4.87. The van der Waals surface area contributed by atoms with Crippen LogP contribution in [0.5, 0.6) is 0 Å². The molecule has 0 atom stereocenters. The van der Waals surface area contributed by atoms with Gasteiger partial charge in [0.05, 0.1) is 0 Å². The van der Waals surface area contributed by atoms with Crippen LogP contribution >= 0.6 is 23.1 Å². The van der Waals surface area contributed by atoms with Crippen molar-refractivity contribution in [3.63, 3.8) is 0 Å². The smallest absolute Gasteiger partial charge is 0.202 e. The molecule has 31 heavy (non-hydrogen) atoms. The summed E-state index contributed by atoms with van der Waals surface area (Å²) in [6, 6.07) is 12.3. The number of anilines is 1. The summed E-state index contributed by atoms with van der Waals surface area (Å²) in [5, 5.41) is 8.56. The lowest BCUT2D eigenvalue weighted by Crippen LogP contribution is -2.58. The molecule has 5 rings (SSSR count). The van der Waals surface area contributed by atoms with E-state index in [2.05, 4.69) is 20.0 Å². The predicted molar refractivity (Wildman–Crippen MR) is 119 cm³/mol. The van der Waals surface area contributed by atoms with Crippen molar-refractivity contribution in [3.05, 3.63) is 76.1 Å². The van der Waals surface area contributed by atoms with Gasteiger partial charge in [-0.3, -0.25) is 0 Å². The van der Waals surface area contributed by atoms with Crippen molar-refractivity contribution < 1.29 is 8.78 Å². The van der Waals surface area contributed by atoms with Crippen LogP contribution in [-0.2, 0) is 13.0 Å². The molecule has 2 aromatic carbocycles. The third-order valence-corrected chi connectivity index (χ3v) is 7.24. The molecular formula is C23H23ClF2N4S. The van der Waals surface area contributed by atoms with Crippen LogP contribution in [0.1, 0.15) is 42.6 Å². The van der Waals surface area contributed by atoms with Gasteiger partial charge in [0.1, 0.15) is 17.5 Å². The van der Waals surface area contributed by atoms with Crippen molar-refractivity contribution in [1.29, 1.82) is 0 Å². The molecule has 0 bridgehead atoms. The molecule has 1 spiro atoms. The molecule has 0 saturated heterocycles. The Labute approximate surface area is 189 Å². The van der Waals surface area contributed by atoms with Crippen LogP contribution in [0.3, 0.4) is 0 Å². The van der Waals surface area contributed by atoms with Crippen molar-refractivity contribution in [2.24, 2.45) is 5.41 Å². The maximum atomic E-state index is 13.3. The van der Waals surface area contributed by atoms with E-state index in [0.29, 0.717) is 36.0 Å². The Morgan fingerprint density at radius 3 is 2.35 bits per heavy atom. The standard InChI is InChI=1S/C23H23ClF2N4S/c24-16-3-1-14(2-4-16)7-21-29-22(31-30-21)28-20-11-23(12-20)9-19(10-23)27-13-15-5-17(25)8-18(26)6-15/h1-6,8,19-20,27H,7,9-13H2,(H,28,29,30). The molecule has 4 nitrogen and oxygen atoms in total. The van der Waals surface area contributed by atoms with Gasteiger partial charge < -0.3 is 10.6 Å². The van der Waals surface area contributed by atoms with Gasteiger partial charge in [-0.1, -0.05) is 23.7 Å². The maximum absolute atomic E-state index is 13.3. The second kappa shape index (κ2) is 8.45. The summed E-state index contributed by atoms with van der Waals surface area (Å²) in [5.41, 5.74) is 2.20. The Kier molecular flexibility index (Phi) is 5.67. The molecule has 2 fully saturated rings. The molecule has 0 aliphatic heterocycles. The summed E-state index contributed by atoms with van der Waals surface area (Å²) >= 11 is 7.35. The molecular weight excluding hydrogens is 438 g/mol. The highest BCUT2D eigenvalue weighted by Gasteiger charge is 2.52. The summed E-state index contributed by atoms with van der Waals surface area (Å²) in [4.78, 5) is 4.62. The number of halogens is 3. The van der Waals surface area contributed by atoms with Crippen molar-refractivity contribution >= 4 is 28.3 Å². The first-order valence-corrected chi connectivity index (χ1v) is 11.6. The van der Waals surface area contributed by atoms with Crippen LogP contribution in [0.25, 0.3) is 0 Å². The summed E-state index contributed by atoms with van der Waals surface area (Å²) in [6.07, 6.45) is 5.19. The van der Waals surface area contributed by atoms with Gasteiger partial charge in [0, 0.05) is 47.7 Å². The van der Waals surface area contributed by atoms with E-state index in [1.54, 1.807) is 0 Å². The first kappa shape index (κ1) is 20.8. The van der Waals surface area contributed by atoms with E-state index >= 15 is 0 Å². The van der Waals surface area contributed by atoms with Crippen LogP contribution in [-0.4, -0.2) is 21.4 Å². The Morgan fingerprint density at radius 1 is 0.968 bits per heavy atom. The number of nitrogens with zero attached hydrogens (tertiary/aromatic N) is 2. The van der Waals surface area contributed by atoms with E-state index in [0.717, 1.165) is 53.3 Å². The molecule has 1 aromatic heterocycles. The number of nitrogens with one attached hydrogen (secondary N) is 2. The Hall–Kier alpha value is -2.09. The van der Waals surface area contributed by atoms with E-state index in [9.17, 15) is 8.78 Å². The summed E-state index contributed by atoms with van der Waals surface area (Å²) in [7, 11) is 0. The van der Waals surface area contributed by atoms with Crippen molar-refractivity contribution in [2.45, 2.75) is 50.7 Å². The van der Waals surface area contributed by atoms with E-state index in [1.165, 1.54) is 23.7 Å². The monoisotopic (exact) mass is 460 g/mol. The van der Waals surface area contributed by atoms with Gasteiger partial charge in [-0.05, 0) is 66.5 Å². The molecule has 3 aromatic rings. The van der Waals surface area contributed by atoms with Crippen LogP contribution in [0.4, 0.5) is 13.9 Å². The molecule has 162 valence electrons. The number of rotatable bonds is 7. The number of hydrogen-bond acceptors (Lipinski definition) is 5. The van der Waals surface area contributed by atoms with Crippen LogP contribution in [0, 0.1) is 17.0 Å². The Bertz CT molecular complexity index is 1040. The topological polar surface area (TPSA) is 49.8 Å². The average Bonchev–Trinajstić information content (AvgIpc) is 3.10. The molecule has 1 heterocycles. The first-order chi connectivity index (χ1) is 14.9. The molecule has 2 aliphatic rings. The van der Waals surface area contributed by atoms with Gasteiger partial charge in [0.15, 0.2) is 0 Å². The highest BCUT2D eigenvalue weighted by molar-refractivity contribution is 7.09. The van der Waals surface area contributed by atoms with E-state index in [-0.39, 0.29) is 0 Å². The Morgan fingerprint density at radius 2 is 1.65 bits per heavy atom. The maximum Gasteiger partial charge on any atom is 0.202 e. The zero-order chi connectivity index (χ0) is 21.4. The molecule has 2 saturated carbocycles. The quantitative estimate of drug-likeness (QED) is 0.483. The molecule has 0 amide bonds. The Balaban J connectivity index is 1.05. The van der Waals surface area contributed by atoms with E-state index in [1.807, 2.05) is 24.3 Å².